The van der Waals surface area contributed by atoms with Gasteiger partial charge in [0, 0.05) is 58.4 Å². The van der Waals surface area contributed by atoms with E-state index in [0.717, 1.165) is 70.8 Å². The summed E-state index contributed by atoms with van der Waals surface area (Å²) in [7, 11) is 1.86. The van der Waals surface area contributed by atoms with Crippen molar-refractivity contribution < 1.29 is 9.59 Å². The van der Waals surface area contributed by atoms with Crippen molar-refractivity contribution in [2.24, 2.45) is 13.0 Å². The third kappa shape index (κ3) is 4.89. The van der Waals surface area contributed by atoms with E-state index >= 15 is 0 Å². The standard InChI is InChI=1S/C20H33N5O2/c1-4-23-11-13-24(14-12-23)19(26)6-5-17-7-9-25(10-8-17)20(27)18-15-16(2)22(3)21-18/h15,17H,4-14H2,1-3H3. The molecule has 3 heterocycles. The topological polar surface area (TPSA) is 61.7 Å². The fourth-order valence-electron chi connectivity index (χ4n) is 4.05. The highest BCUT2D eigenvalue weighted by Gasteiger charge is 2.26. The number of amides is 2. The van der Waals surface area contributed by atoms with Crippen molar-refractivity contribution in [3.05, 3.63) is 17.5 Å². The van der Waals surface area contributed by atoms with E-state index in [0.29, 0.717) is 23.9 Å². The number of hydrogen-bond acceptors (Lipinski definition) is 4. The van der Waals surface area contributed by atoms with Crippen molar-refractivity contribution in [1.82, 2.24) is 24.5 Å². The largest absolute Gasteiger partial charge is 0.340 e. The minimum Gasteiger partial charge on any atom is -0.340 e. The van der Waals surface area contributed by atoms with Crippen LogP contribution in [0.1, 0.15) is 48.8 Å². The lowest BCUT2D eigenvalue weighted by atomic mass is 9.91. The summed E-state index contributed by atoms with van der Waals surface area (Å²) in [5.74, 6) is 0.871. The van der Waals surface area contributed by atoms with Crippen LogP contribution in [0.5, 0.6) is 0 Å². The SMILES string of the molecule is CCN1CCN(C(=O)CCC2CCN(C(=O)c3cc(C)n(C)n3)CC2)CC1. The molecule has 0 unspecified atom stereocenters. The monoisotopic (exact) mass is 375 g/mol. The fourth-order valence-corrected chi connectivity index (χ4v) is 4.05. The molecule has 1 aromatic rings. The molecule has 150 valence electrons. The number of nitrogens with zero attached hydrogens (tertiary/aromatic N) is 5. The smallest absolute Gasteiger partial charge is 0.274 e. The number of carbonyl (C=O) groups is 2. The number of aryl methyl sites for hydroxylation is 2. The van der Waals surface area contributed by atoms with Gasteiger partial charge in [0.1, 0.15) is 0 Å². The molecule has 0 N–H and O–H groups in total. The molecule has 7 heteroatoms. The van der Waals surface area contributed by atoms with E-state index < -0.39 is 0 Å². The average Bonchev–Trinajstić information content (AvgIpc) is 3.04. The van der Waals surface area contributed by atoms with Crippen LogP contribution < -0.4 is 0 Å². The minimum atomic E-state index is 0.0296. The summed E-state index contributed by atoms with van der Waals surface area (Å²) in [5, 5.41) is 4.30. The summed E-state index contributed by atoms with van der Waals surface area (Å²) < 4.78 is 1.74. The number of hydrogen-bond donors (Lipinski definition) is 0. The summed E-state index contributed by atoms with van der Waals surface area (Å²) >= 11 is 0. The first-order valence-electron chi connectivity index (χ1n) is 10.3. The maximum absolute atomic E-state index is 12.6. The van der Waals surface area contributed by atoms with E-state index in [1.807, 2.05) is 29.8 Å². The van der Waals surface area contributed by atoms with E-state index in [1.165, 1.54) is 0 Å². The fraction of sp³-hybridized carbons (Fsp3) is 0.750. The Balaban J connectivity index is 1.39. The van der Waals surface area contributed by atoms with Gasteiger partial charge in [-0.3, -0.25) is 14.3 Å². The van der Waals surface area contributed by atoms with Gasteiger partial charge in [-0.1, -0.05) is 6.92 Å². The summed E-state index contributed by atoms with van der Waals surface area (Å²) in [6.45, 7) is 10.4. The van der Waals surface area contributed by atoms with Gasteiger partial charge in [0.25, 0.3) is 5.91 Å². The molecule has 2 aliphatic rings. The molecule has 0 radical (unpaired) electrons. The number of likely N-dealkylation sites (N-methyl/N-ethyl adjacent to an activating group) is 1. The Morgan fingerprint density at radius 3 is 2.30 bits per heavy atom. The van der Waals surface area contributed by atoms with E-state index in [-0.39, 0.29) is 5.91 Å². The summed E-state index contributed by atoms with van der Waals surface area (Å²) in [6, 6.07) is 1.85. The van der Waals surface area contributed by atoms with Gasteiger partial charge < -0.3 is 14.7 Å². The van der Waals surface area contributed by atoms with Crippen molar-refractivity contribution in [2.75, 3.05) is 45.8 Å². The molecular weight excluding hydrogens is 342 g/mol. The van der Waals surface area contributed by atoms with Gasteiger partial charge >= 0.3 is 0 Å². The Morgan fingerprint density at radius 1 is 1.07 bits per heavy atom. The van der Waals surface area contributed by atoms with E-state index in [1.54, 1.807) is 4.68 Å². The number of carbonyl (C=O) groups excluding carboxylic acids is 2. The van der Waals surface area contributed by atoms with Crippen LogP contribution in [-0.4, -0.2) is 82.1 Å². The summed E-state index contributed by atoms with van der Waals surface area (Å²) in [5.41, 5.74) is 1.53. The maximum atomic E-state index is 12.6. The molecule has 0 atom stereocenters. The zero-order valence-corrected chi connectivity index (χ0v) is 17.0. The highest BCUT2D eigenvalue weighted by Crippen LogP contribution is 2.23. The van der Waals surface area contributed by atoms with Crippen LogP contribution >= 0.6 is 0 Å². The first-order valence-corrected chi connectivity index (χ1v) is 10.3. The molecular formula is C20H33N5O2. The number of piperazine rings is 1. The molecule has 2 saturated heterocycles. The lowest BCUT2D eigenvalue weighted by molar-refractivity contribution is -0.133. The molecule has 7 nitrogen and oxygen atoms in total. The Labute approximate surface area is 162 Å². The molecule has 0 aromatic carbocycles. The summed E-state index contributed by atoms with van der Waals surface area (Å²) in [6.07, 6.45) is 3.55. The normalized spacial score (nSPS) is 19.5. The van der Waals surface area contributed by atoms with Crippen LogP contribution in [-0.2, 0) is 11.8 Å². The van der Waals surface area contributed by atoms with E-state index in [4.69, 9.17) is 0 Å². The molecule has 0 aliphatic carbocycles. The van der Waals surface area contributed by atoms with Crippen LogP contribution in [0, 0.1) is 12.8 Å². The second-order valence-electron chi connectivity index (χ2n) is 7.88. The molecule has 1 aromatic heterocycles. The van der Waals surface area contributed by atoms with Gasteiger partial charge in [-0.25, -0.2) is 0 Å². The Hall–Kier alpha value is -1.89. The van der Waals surface area contributed by atoms with E-state index in [2.05, 4.69) is 16.9 Å². The third-order valence-corrected chi connectivity index (χ3v) is 6.17. The number of rotatable bonds is 5. The average molecular weight is 376 g/mol. The molecule has 0 saturated carbocycles. The van der Waals surface area contributed by atoms with Crippen LogP contribution in [0.3, 0.4) is 0 Å². The van der Waals surface area contributed by atoms with E-state index in [9.17, 15) is 9.59 Å². The number of piperidine rings is 1. The molecule has 0 bridgehead atoms. The van der Waals surface area contributed by atoms with Gasteiger partial charge in [0.05, 0.1) is 0 Å². The second-order valence-corrected chi connectivity index (χ2v) is 7.88. The van der Waals surface area contributed by atoms with Gasteiger partial charge in [-0.15, -0.1) is 0 Å². The zero-order valence-electron chi connectivity index (χ0n) is 17.0. The van der Waals surface area contributed by atoms with Gasteiger partial charge in [-0.05, 0) is 44.7 Å². The quantitative estimate of drug-likeness (QED) is 0.783. The molecule has 2 fully saturated rings. The van der Waals surface area contributed by atoms with Crippen molar-refractivity contribution in [2.45, 2.75) is 39.5 Å². The maximum Gasteiger partial charge on any atom is 0.274 e. The molecule has 2 aliphatic heterocycles. The Bertz CT molecular complexity index is 636. The predicted molar refractivity (Wildman–Crippen MR) is 105 cm³/mol. The van der Waals surface area contributed by atoms with Crippen molar-refractivity contribution in [1.29, 1.82) is 0 Å². The lowest BCUT2D eigenvalue weighted by Gasteiger charge is -2.35. The van der Waals surface area contributed by atoms with Gasteiger partial charge in [-0.2, -0.15) is 5.10 Å². The van der Waals surface area contributed by atoms with Gasteiger partial charge in [0.2, 0.25) is 5.91 Å². The summed E-state index contributed by atoms with van der Waals surface area (Å²) in [4.78, 5) is 31.4. The second kappa shape index (κ2) is 8.87. The van der Waals surface area contributed by atoms with Crippen LogP contribution in [0.2, 0.25) is 0 Å². The Kier molecular flexibility index (Phi) is 6.52. The van der Waals surface area contributed by atoms with Crippen molar-refractivity contribution in [3.63, 3.8) is 0 Å². The predicted octanol–water partition coefficient (Wildman–Crippen LogP) is 1.53. The molecule has 2 amide bonds. The first-order chi connectivity index (χ1) is 13.0. The van der Waals surface area contributed by atoms with Gasteiger partial charge in [0.15, 0.2) is 5.69 Å². The number of aromatic nitrogens is 2. The van der Waals surface area contributed by atoms with Crippen LogP contribution in [0.4, 0.5) is 0 Å². The highest BCUT2D eigenvalue weighted by molar-refractivity contribution is 5.92. The highest BCUT2D eigenvalue weighted by atomic mass is 16.2. The molecule has 3 rings (SSSR count). The molecule has 0 spiro atoms. The first kappa shape index (κ1) is 19.9. The molecule has 27 heavy (non-hydrogen) atoms. The Morgan fingerprint density at radius 2 is 1.74 bits per heavy atom. The van der Waals surface area contributed by atoms with Crippen molar-refractivity contribution in [3.8, 4) is 0 Å². The lowest BCUT2D eigenvalue weighted by Crippen LogP contribution is -2.48. The third-order valence-electron chi connectivity index (χ3n) is 6.17. The van der Waals surface area contributed by atoms with Crippen LogP contribution in [0.15, 0.2) is 6.07 Å². The minimum absolute atomic E-state index is 0.0296. The number of likely N-dealkylation sites (tertiary alicyclic amines) is 1. The van der Waals surface area contributed by atoms with Crippen LogP contribution in [0.25, 0.3) is 0 Å². The van der Waals surface area contributed by atoms with Crippen molar-refractivity contribution >= 4 is 11.8 Å². The zero-order chi connectivity index (χ0) is 19.4.